The van der Waals surface area contributed by atoms with Gasteiger partial charge in [-0.3, -0.25) is 0 Å². The first-order chi connectivity index (χ1) is 14.2. The minimum absolute atomic E-state index is 0.624. The van der Waals surface area contributed by atoms with E-state index in [-0.39, 0.29) is 0 Å². The van der Waals surface area contributed by atoms with Crippen LogP contribution in [0.5, 0.6) is 11.5 Å². The standard InChI is InChI=1S/C25H20ClNO2/c1-28-20-12-8-18(9-13-20)23-16-22(17-6-4-3-5-7-17)24(26)25(27-23)19-10-14-21(29-2)15-11-19/h3-16H,1-2H3. The minimum Gasteiger partial charge on any atom is -0.497 e. The molecule has 0 unspecified atom stereocenters. The van der Waals surface area contributed by atoms with Gasteiger partial charge in [0.15, 0.2) is 0 Å². The molecular weight excluding hydrogens is 382 g/mol. The third kappa shape index (κ3) is 3.96. The molecule has 0 aliphatic rings. The molecule has 3 aromatic carbocycles. The van der Waals surface area contributed by atoms with Crippen molar-refractivity contribution in [3.8, 4) is 45.1 Å². The third-order valence-corrected chi connectivity index (χ3v) is 5.17. The highest BCUT2D eigenvalue weighted by Gasteiger charge is 2.15. The summed E-state index contributed by atoms with van der Waals surface area (Å²) in [6.45, 7) is 0. The minimum atomic E-state index is 0.624. The van der Waals surface area contributed by atoms with Crippen molar-refractivity contribution in [2.24, 2.45) is 0 Å². The molecule has 0 aliphatic heterocycles. The molecule has 4 rings (SSSR count). The van der Waals surface area contributed by atoms with Crippen LogP contribution in [0.15, 0.2) is 84.9 Å². The fourth-order valence-corrected chi connectivity index (χ4v) is 3.52. The number of hydrogen-bond donors (Lipinski definition) is 0. The zero-order valence-electron chi connectivity index (χ0n) is 16.2. The van der Waals surface area contributed by atoms with E-state index in [1.165, 1.54) is 0 Å². The first kappa shape index (κ1) is 19.0. The zero-order chi connectivity index (χ0) is 20.2. The van der Waals surface area contributed by atoms with Gasteiger partial charge in [0, 0.05) is 16.7 Å². The molecule has 4 aromatic rings. The van der Waals surface area contributed by atoms with Crippen LogP contribution in [0.25, 0.3) is 33.6 Å². The lowest BCUT2D eigenvalue weighted by atomic mass is 9.99. The van der Waals surface area contributed by atoms with Crippen LogP contribution in [0.2, 0.25) is 5.02 Å². The van der Waals surface area contributed by atoms with Crippen LogP contribution < -0.4 is 9.47 Å². The summed E-state index contributed by atoms with van der Waals surface area (Å²) in [6.07, 6.45) is 0. The molecule has 0 atom stereocenters. The summed E-state index contributed by atoms with van der Waals surface area (Å²) in [7, 11) is 3.31. The van der Waals surface area contributed by atoms with Crippen LogP contribution >= 0.6 is 11.6 Å². The van der Waals surface area contributed by atoms with Crippen LogP contribution in [0.1, 0.15) is 0 Å². The van der Waals surface area contributed by atoms with E-state index >= 15 is 0 Å². The molecule has 144 valence electrons. The van der Waals surface area contributed by atoms with Crippen LogP contribution in [-0.4, -0.2) is 19.2 Å². The summed E-state index contributed by atoms with van der Waals surface area (Å²) in [4.78, 5) is 4.90. The predicted octanol–water partition coefficient (Wildman–Crippen LogP) is 6.75. The van der Waals surface area contributed by atoms with Crippen molar-refractivity contribution in [2.45, 2.75) is 0 Å². The van der Waals surface area contributed by atoms with E-state index in [1.54, 1.807) is 14.2 Å². The predicted molar refractivity (Wildman–Crippen MR) is 119 cm³/mol. The highest BCUT2D eigenvalue weighted by atomic mass is 35.5. The average molecular weight is 402 g/mol. The molecule has 29 heavy (non-hydrogen) atoms. The molecule has 3 nitrogen and oxygen atoms in total. The van der Waals surface area contributed by atoms with Gasteiger partial charge in [0.05, 0.1) is 30.6 Å². The molecule has 4 heteroatoms. The molecule has 1 heterocycles. The van der Waals surface area contributed by atoms with Crippen molar-refractivity contribution >= 4 is 11.6 Å². The number of hydrogen-bond acceptors (Lipinski definition) is 3. The molecule has 0 radical (unpaired) electrons. The van der Waals surface area contributed by atoms with Crippen molar-refractivity contribution in [1.29, 1.82) is 0 Å². The van der Waals surface area contributed by atoms with Gasteiger partial charge >= 0.3 is 0 Å². The van der Waals surface area contributed by atoms with Gasteiger partial charge in [-0.25, -0.2) is 4.98 Å². The summed E-state index contributed by atoms with van der Waals surface area (Å²) in [5.41, 5.74) is 5.50. The van der Waals surface area contributed by atoms with Crippen molar-refractivity contribution in [1.82, 2.24) is 4.98 Å². The highest BCUT2D eigenvalue weighted by molar-refractivity contribution is 6.36. The Labute approximate surface area is 175 Å². The van der Waals surface area contributed by atoms with Gasteiger partial charge < -0.3 is 9.47 Å². The number of nitrogens with zero attached hydrogens (tertiary/aromatic N) is 1. The van der Waals surface area contributed by atoms with Crippen LogP contribution in [-0.2, 0) is 0 Å². The van der Waals surface area contributed by atoms with Gasteiger partial charge in [-0.1, -0.05) is 41.9 Å². The molecule has 1 aromatic heterocycles. The monoisotopic (exact) mass is 401 g/mol. The molecule has 0 spiro atoms. The Balaban J connectivity index is 1.91. The van der Waals surface area contributed by atoms with Crippen LogP contribution in [0.3, 0.4) is 0 Å². The summed E-state index contributed by atoms with van der Waals surface area (Å²) in [6, 6.07) is 27.8. The number of methoxy groups -OCH3 is 2. The van der Waals surface area contributed by atoms with Gasteiger partial charge in [-0.05, 0) is 60.2 Å². The van der Waals surface area contributed by atoms with Crippen molar-refractivity contribution in [2.75, 3.05) is 14.2 Å². The second-order valence-corrected chi connectivity index (χ2v) is 6.92. The molecule has 0 aliphatic carbocycles. The number of ether oxygens (including phenoxy) is 2. The lowest BCUT2D eigenvalue weighted by molar-refractivity contribution is 0.415. The maximum Gasteiger partial charge on any atom is 0.118 e. The van der Waals surface area contributed by atoms with Gasteiger partial charge in [-0.15, -0.1) is 0 Å². The number of pyridine rings is 1. The van der Waals surface area contributed by atoms with E-state index in [9.17, 15) is 0 Å². The molecule has 0 fully saturated rings. The van der Waals surface area contributed by atoms with E-state index in [0.29, 0.717) is 5.02 Å². The number of rotatable bonds is 5. The molecule has 0 amide bonds. The van der Waals surface area contributed by atoms with E-state index in [4.69, 9.17) is 26.1 Å². The van der Waals surface area contributed by atoms with Gasteiger partial charge in [0.1, 0.15) is 11.5 Å². The average Bonchev–Trinajstić information content (AvgIpc) is 2.80. The highest BCUT2D eigenvalue weighted by Crippen LogP contribution is 2.38. The quantitative estimate of drug-likeness (QED) is 0.370. The topological polar surface area (TPSA) is 31.4 Å². The third-order valence-electron chi connectivity index (χ3n) is 4.79. The maximum atomic E-state index is 6.84. The second kappa shape index (κ2) is 8.38. The number of benzene rings is 3. The zero-order valence-corrected chi connectivity index (χ0v) is 17.0. The molecule has 0 saturated carbocycles. The van der Waals surface area contributed by atoms with Crippen molar-refractivity contribution in [3.05, 3.63) is 90.0 Å². The summed E-state index contributed by atoms with van der Waals surface area (Å²) in [5, 5.41) is 0.624. The lowest BCUT2D eigenvalue weighted by Gasteiger charge is -2.14. The first-order valence-electron chi connectivity index (χ1n) is 9.24. The number of aromatic nitrogens is 1. The smallest absolute Gasteiger partial charge is 0.118 e. The molecule has 0 bridgehead atoms. The van der Waals surface area contributed by atoms with E-state index in [1.807, 2.05) is 72.8 Å². The fourth-order valence-electron chi connectivity index (χ4n) is 3.21. The Morgan fingerprint density at radius 3 is 1.76 bits per heavy atom. The lowest BCUT2D eigenvalue weighted by Crippen LogP contribution is -1.94. The number of halogens is 1. The van der Waals surface area contributed by atoms with E-state index in [2.05, 4.69) is 12.1 Å². The van der Waals surface area contributed by atoms with Gasteiger partial charge in [-0.2, -0.15) is 0 Å². The largest absolute Gasteiger partial charge is 0.497 e. The van der Waals surface area contributed by atoms with Crippen molar-refractivity contribution in [3.63, 3.8) is 0 Å². The Morgan fingerprint density at radius 1 is 0.655 bits per heavy atom. The first-order valence-corrected chi connectivity index (χ1v) is 9.62. The SMILES string of the molecule is COc1ccc(-c2cc(-c3ccccc3)c(Cl)c(-c3ccc(OC)cc3)n2)cc1. The Kier molecular flexibility index (Phi) is 5.50. The molecular formula is C25H20ClNO2. The summed E-state index contributed by atoms with van der Waals surface area (Å²) < 4.78 is 10.6. The normalized spacial score (nSPS) is 10.6. The summed E-state index contributed by atoms with van der Waals surface area (Å²) >= 11 is 6.84. The fraction of sp³-hybridized carbons (Fsp3) is 0.0800. The van der Waals surface area contributed by atoms with Crippen molar-refractivity contribution < 1.29 is 9.47 Å². The Hall–Kier alpha value is -3.30. The van der Waals surface area contributed by atoms with E-state index in [0.717, 1.165) is 45.1 Å². The van der Waals surface area contributed by atoms with Gasteiger partial charge in [0.2, 0.25) is 0 Å². The maximum absolute atomic E-state index is 6.84. The van der Waals surface area contributed by atoms with Gasteiger partial charge in [0.25, 0.3) is 0 Å². The van der Waals surface area contributed by atoms with E-state index < -0.39 is 0 Å². The molecule has 0 saturated heterocycles. The second-order valence-electron chi connectivity index (χ2n) is 6.54. The summed E-state index contributed by atoms with van der Waals surface area (Å²) in [5.74, 6) is 1.60. The Bertz CT molecular complexity index is 1110. The van der Waals surface area contributed by atoms with Crippen LogP contribution in [0.4, 0.5) is 0 Å². The molecule has 0 N–H and O–H groups in total. The van der Waals surface area contributed by atoms with Crippen LogP contribution in [0, 0.1) is 0 Å². The Morgan fingerprint density at radius 2 is 1.21 bits per heavy atom.